The van der Waals surface area contributed by atoms with Gasteiger partial charge >= 0.3 is 12.2 Å². The first kappa shape index (κ1) is 21.0. The van der Waals surface area contributed by atoms with Crippen LogP contribution in [0.4, 0.5) is 29.3 Å². The number of urea groups is 1. The summed E-state index contributed by atoms with van der Waals surface area (Å²) in [5.74, 6) is -1.97. The summed E-state index contributed by atoms with van der Waals surface area (Å²) >= 11 is 0. The van der Waals surface area contributed by atoms with E-state index in [2.05, 4.69) is 0 Å². The Morgan fingerprint density at radius 2 is 1.90 bits per heavy atom. The maximum Gasteiger partial charge on any atom is 0.416 e. The molecule has 0 saturated carbocycles. The Morgan fingerprint density at radius 3 is 2.45 bits per heavy atom. The van der Waals surface area contributed by atoms with E-state index in [0.717, 1.165) is 12.1 Å². The van der Waals surface area contributed by atoms with Gasteiger partial charge in [-0.1, -0.05) is 6.92 Å². The highest BCUT2D eigenvalue weighted by atomic mass is 19.4. The van der Waals surface area contributed by atoms with Crippen molar-refractivity contribution in [1.29, 1.82) is 0 Å². The van der Waals surface area contributed by atoms with E-state index < -0.39 is 59.2 Å². The maximum absolute atomic E-state index is 13.5. The number of hydrogen-bond acceptors (Lipinski definition) is 7. The second kappa shape index (κ2) is 6.90. The van der Waals surface area contributed by atoms with Crippen LogP contribution in [-0.4, -0.2) is 53.7 Å². The van der Waals surface area contributed by atoms with Gasteiger partial charge in [0, 0.05) is 24.2 Å². The van der Waals surface area contributed by atoms with Gasteiger partial charge in [-0.3, -0.25) is 30.3 Å². The largest absolute Gasteiger partial charge is 0.416 e. The zero-order valence-electron chi connectivity index (χ0n) is 16.1. The van der Waals surface area contributed by atoms with Gasteiger partial charge in [-0.15, -0.1) is 0 Å². The smallest absolute Gasteiger partial charge is 0.361 e. The number of nitrogens with zero attached hydrogens (tertiary/aromatic N) is 2. The number of rotatable bonds is 2. The molecule has 3 heterocycles. The fourth-order valence-corrected chi connectivity index (χ4v) is 4.66. The third kappa shape index (κ3) is 3.10. The van der Waals surface area contributed by atoms with Gasteiger partial charge in [-0.05, 0) is 18.1 Å². The van der Waals surface area contributed by atoms with E-state index in [1.54, 1.807) is 6.92 Å². The maximum atomic E-state index is 13.5. The number of nitrogens with one attached hydrogen (secondary N) is 2. The van der Waals surface area contributed by atoms with Gasteiger partial charge in [0.2, 0.25) is 11.8 Å². The molecule has 0 bridgehead atoms. The lowest BCUT2D eigenvalue weighted by Gasteiger charge is -2.56. The van der Waals surface area contributed by atoms with Crippen molar-refractivity contribution in [3.8, 4) is 0 Å². The molecule has 3 atom stereocenters. The van der Waals surface area contributed by atoms with Gasteiger partial charge in [0.05, 0.1) is 23.6 Å². The topological polar surface area (TPSA) is 131 Å². The number of nitro groups is 1. The predicted molar refractivity (Wildman–Crippen MR) is 97.1 cm³/mol. The number of fused-ring (bicyclic) bond motifs is 4. The van der Waals surface area contributed by atoms with Gasteiger partial charge in [0.25, 0.3) is 5.69 Å². The number of anilines is 1. The van der Waals surface area contributed by atoms with Crippen LogP contribution in [0, 0.1) is 15.5 Å². The number of benzene rings is 1. The van der Waals surface area contributed by atoms with Crippen molar-refractivity contribution in [3.05, 3.63) is 33.9 Å². The number of carbonyl (C=O) groups excluding carboxylic acids is 3. The summed E-state index contributed by atoms with van der Waals surface area (Å²) in [5, 5.41) is 15.2. The molecule has 166 valence electrons. The molecule has 13 heteroatoms. The molecule has 2 fully saturated rings. The van der Waals surface area contributed by atoms with Crippen molar-refractivity contribution >= 4 is 29.2 Å². The summed E-state index contributed by atoms with van der Waals surface area (Å²) in [6.45, 7) is 0.843. The average molecular weight is 442 g/mol. The SMILES string of the molecule is CC[C@H]1O[C@@H](C(F)(F)F)CN2c3ccc([N+](=O)[O-])cc3CC3(C(=O)NC(=O)NC3=O)[C@H]12. The Bertz CT molecular complexity index is 977. The molecule has 0 radical (unpaired) electrons. The number of ether oxygens (including phenoxy) is 1. The van der Waals surface area contributed by atoms with Crippen molar-refractivity contribution in [1.82, 2.24) is 10.6 Å². The van der Waals surface area contributed by atoms with Crippen LogP contribution in [-0.2, 0) is 20.7 Å². The molecule has 4 amide bonds. The van der Waals surface area contributed by atoms with Crippen LogP contribution in [0.5, 0.6) is 0 Å². The van der Waals surface area contributed by atoms with E-state index in [1.165, 1.54) is 11.0 Å². The monoisotopic (exact) mass is 442 g/mol. The van der Waals surface area contributed by atoms with Crippen LogP contribution >= 0.6 is 0 Å². The summed E-state index contributed by atoms with van der Waals surface area (Å²) in [6, 6.07) is 1.39. The summed E-state index contributed by atoms with van der Waals surface area (Å²) in [7, 11) is 0. The minimum Gasteiger partial charge on any atom is -0.361 e. The van der Waals surface area contributed by atoms with Crippen molar-refractivity contribution in [2.75, 3.05) is 11.4 Å². The lowest BCUT2D eigenvalue weighted by molar-refractivity contribution is -0.384. The number of barbiturate groups is 1. The molecule has 3 aliphatic rings. The molecule has 0 unspecified atom stereocenters. The molecule has 2 saturated heterocycles. The normalized spacial score (nSPS) is 27.3. The quantitative estimate of drug-likeness (QED) is 0.402. The lowest BCUT2D eigenvalue weighted by Crippen LogP contribution is -2.76. The molecule has 31 heavy (non-hydrogen) atoms. The Labute approximate surface area is 172 Å². The first-order chi connectivity index (χ1) is 14.5. The molecular formula is C18H17F3N4O6. The van der Waals surface area contributed by atoms with Crippen molar-refractivity contribution in [3.63, 3.8) is 0 Å². The van der Waals surface area contributed by atoms with Gasteiger partial charge in [0.1, 0.15) is 0 Å². The molecule has 2 N–H and O–H groups in total. The van der Waals surface area contributed by atoms with E-state index in [0.29, 0.717) is 0 Å². The number of hydrogen-bond donors (Lipinski definition) is 2. The van der Waals surface area contributed by atoms with E-state index in [4.69, 9.17) is 4.74 Å². The van der Waals surface area contributed by atoms with Crippen molar-refractivity contribution in [2.45, 2.75) is 44.2 Å². The number of non-ortho nitro benzene ring substituents is 1. The van der Waals surface area contributed by atoms with Crippen LogP contribution in [0.25, 0.3) is 0 Å². The second-order valence-electron chi connectivity index (χ2n) is 7.67. The summed E-state index contributed by atoms with van der Waals surface area (Å²) in [6.07, 6.45) is -8.37. The molecule has 0 aromatic heterocycles. The van der Waals surface area contributed by atoms with Gasteiger partial charge in [-0.25, -0.2) is 4.79 Å². The Hall–Kier alpha value is -3.22. The van der Waals surface area contributed by atoms with E-state index >= 15 is 0 Å². The summed E-state index contributed by atoms with van der Waals surface area (Å²) in [5.41, 5.74) is -1.95. The summed E-state index contributed by atoms with van der Waals surface area (Å²) in [4.78, 5) is 49.4. The zero-order chi connectivity index (χ0) is 22.7. The lowest BCUT2D eigenvalue weighted by atomic mass is 9.66. The molecule has 0 aliphatic carbocycles. The van der Waals surface area contributed by atoms with E-state index in [-0.39, 0.29) is 29.8 Å². The zero-order valence-corrected chi connectivity index (χ0v) is 16.1. The minimum absolute atomic E-state index is 0.0479. The van der Waals surface area contributed by atoms with Crippen LogP contribution in [0.15, 0.2) is 18.2 Å². The molecule has 1 spiro atoms. The number of halogens is 3. The van der Waals surface area contributed by atoms with Gasteiger partial charge in [0.15, 0.2) is 11.5 Å². The first-order valence-electron chi connectivity index (χ1n) is 9.42. The van der Waals surface area contributed by atoms with Crippen molar-refractivity contribution in [2.24, 2.45) is 5.41 Å². The highest BCUT2D eigenvalue weighted by molar-refractivity contribution is 6.20. The number of amides is 4. The number of morpholine rings is 1. The fourth-order valence-electron chi connectivity index (χ4n) is 4.66. The predicted octanol–water partition coefficient (Wildman–Crippen LogP) is 1.42. The molecule has 10 nitrogen and oxygen atoms in total. The molecule has 1 aromatic rings. The highest BCUT2D eigenvalue weighted by Gasteiger charge is 2.65. The Kier molecular flexibility index (Phi) is 4.68. The van der Waals surface area contributed by atoms with Crippen LogP contribution in [0.2, 0.25) is 0 Å². The molecular weight excluding hydrogens is 425 g/mol. The van der Waals surface area contributed by atoms with Gasteiger partial charge < -0.3 is 9.64 Å². The number of alkyl halides is 3. The fraction of sp³-hybridized carbons (Fsp3) is 0.500. The van der Waals surface area contributed by atoms with Crippen LogP contribution < -0.4 is 15.5 Å². The third-order valence-corrected chi connectivity index (χ3v) is 5.98. The number of imide groups is 2. The van der Waals surface area contributed by atoms with E-state index in [1.807, 2.05) is 10.6 Å². The average Bonchev–Trinajstić information content (AvgIpc) is 2.69. The minimum atomic E-state index is -4.71. The van der Waals surface area contributed by atoms with Crippen molar-refractivity contribution < 1.29 is 37.2 Å². The number of nitro benzene ring substituents is 1. The van der Waals surface area contributed by atoms with Gasteiger partial charge in [-0.2, -0.15) is 13.2 Å². The standard InChI is InChI=1S/C18H17F3N4O6/c1-2-11-13-17(14(26)22-16(28)23-15(17)27)6-8-5-9(25(29)30)3-4-10(8)24(13)7-12(31-11)18(19,20)21/h3-5,11-13H,2,6-7H2,1H3,(H2,22,23,26,27,28)/t11-,12-,13+/m1/s1. The molecule has 4 rings (SSSR count). The number of carbonyl (C=O) groups is 3. The third-order valence-electron chi connectivity index (χ3n) is 5.98. The molecule has 3 aliphatic heterocycles. The van der Waals surface area contributed by atoms with E-state index in [9.17, 15) is 37.7 Å². The van der Waals surface area contributed by atoms with Crippen LogP contribution in [0.3, 0.4) is 0 Å². The first-order valence-corrected chi connectivity index (χ1v) is 9.42. The molecule has 1 aromatic carbocycles. The Morgan fingerprint density at radius 1 is 1.26 bits per heavy atom. The summed E-state index contributed by atoms with van der Waals surface area (Å²) < 4.78 is 45.9. The Balaban J connectivity index is 1.92. The van der Waals surface area contributed by atoms with Crippen LogP contribution in [0.1, 0.15) is 18.9 Å². The highest BCUT2D eigenvalue weighted by Crippen LogP contribution is 2.49. The second-order valence-corrected chi connectivity index (χ2v) is 7.67.